The fourth-order valence-electron chi connectivity index (χ4n) is 2.25. The summed E-state index contributed by atoms with van der Waals surface area (Å²) < 4.78 is 21.2. The van der Waals surface area contributed by atoms with E-state index in [1.165, 1.54) is 0 Å². The molecule has 0 aromatic heterocycles. The molecule has 0 radical (unpaired) electrons. The Hall–Kier alpha value is -3.33. The van der Waals surface area contributed by atoms with Crippen LogP contribution < -0.4 is 24.4 Å². The zero-order valence-electron chi connectivity index (χ0n) is 15.1. The molecule has 0 bridgehead atoms. The highest BCUT2D eigenvalue weighted by Crippen LogP contribution is 2.28. The maximum atomic E-state index is 5.41. The van der Waals surface area contributed by atoms with E-state index in [1.54, 1.807) is 33.6 Å². The SMILES string of the molecule is C#CCOc1ccc(/C=N\NCc2ccc(OC)c(OC)c2)cc1OC. The maximum absolute atomic E-state index is 5.41. The van der Waals surface area contributed by atoms with Crippen molar-refractivity contribution in [2.45, 2.75) is 6.54 Å². The van der Waals surface area contributed by atoms with E-state index in [9.17, 15) is 0 Å². The van der Waals surface area contributed by atoms with Crippen LogP contribution in [0.15, 0.2) is 41.5 Å². The van der Waals surface area contributed by atoms with Gasteiger partial charge >= 0.3 is 0 Å². The van der Waals surface area contributed by atoms with Gasteiger partial charge in [0.2, 0.25) is 0 Å². The summed E-state index contributed by atoms with van der Waals surface area (Å²) >= 11 is 0. The van der Waals surface area contributed by atoms with Gasteiger partial charge in [0, 0.05) is 0 Å². The summed E-state index contributed by atoms with van der Waals surface area (Å²) in [6, 6.07) is 11.2. The third-order valence-corrected chi connectivity index (χ3v) is 3.53. The highest BCUT2D eigenvalue weighted by molar-refractivity contribution is 5.80. The molecule has 2 aromatic carbocycles. The average molecular weight is 354 g/mol. The Morgan fingerprint density at radius 3 is 2.35 bits per heavy atom. The smallest absolute Gasteiger partial charge is 0.162 e. The molecule has 2 aromatic rings. The lowest BCUT2D eigenvalue weighted by atomic mass is 10.2. The molecule has 2 rings (SSSR count). The number of hydrogen-bond donors (Lipinski definition) is 1. The Labute approximate surface area is 153 Å². The van der Waals surface area contributed by atoms with Crippen molar-refractivity contribution in [2.75, 3.05) is 27.9 Å². The molecule has 26 heavy (non-hydrogen) atoms. The van der Waals surface area contributed by atoms with Crippen LogP contribution in [0.1, 0.15) is 11.1 Å². The van der Waals surface area contributed by atoms with Gasteiger partial charge in [0.25, 0.3) is 0 Å². The molecule has 0 aliphatic rings. The van der Waals surface area contributed by atoms with Crippen LogP contribution in [-0.2, 0) is 6.54 Å². The molecule has 0 aliphatic heterocycles. The lowest BCUT2D eigenvalue weighted by molar-refractivity contribution is 0.331. The normalized spacial score (nSPS) is 10.2. The number of terminal acetylenes is 1. The average Bonchev–Trinajstić information content (AvgIpc) is 2.69. The van der Waals surface area contributed by atoms with Crippen molar-refractivity contribution >= 4 is 6.21 Å². The van der Waals surface area contributed by atoms with Crippen LogP contribution in [-0.4, -0.2) is 34.2 Å². The highest BCUT2D eigenvalue weighted by atomic mass is 16.5. The summed E-state index contributed by atoms with van der Waals surface area (Å²) in [6.45, 7) is 0.744. The highest BCUT2D eigenvalue weighted by Gasteiger charge is 2.05. The molecule has 0 atom stereocenters. The van der Waals surface area contributed by atoms with Gasteiger partial charge in [-0.25, -0.2) is 0 Å². The predicted molar refractivity (Wildman–Crippen MR) is 101 cm³/mol. The third kappa shape index (κ3) is 5.08. The number of hydrazone groups is 1. The van der Waals surface area contributed by atoms with Crippen LogP contribution in [0.5, 0.6) is 23.0 Å². The van der Waals surface area contributed by atoms with E-state index >= 15 is 0 Å². The summed E-state index contributed by atoms with van der Waals surface area (Å²) in [7, 11) is 4.79. The van der Waals surface area contributed by atoms with E-state index in [-0.39, 0.29) is 6.61 Å². The predicted octanol–water partition coefficient (Wildman–Crippen LogP) is 2.85. The summed E-state index contributed by atoms with van der Waals surface area (Å²) in [5, 5.41) is 4.23. The van der Waals surface area contributed by atoms with Gasteiger partial charge < -0.3 is 24.4 Å². The van der Waals surface area contributed by atoms with E-state index in [0.717, 1.165) is 11.1 Å². The topological polar surface area (TPSA) is 61.3 Å². The number of benzene rings is 2. The minimum Gasteiger partial charge on any atom is -0.493 e. The number of hydrogen-bond acceptors (Lipinski definition) is 6. The molecule has 0 spiro atoms. The third-order valence-electron chi connectivity index (χ3n) is 3.53. The minimum atomic E-state index is 0.191. The van der Waals surface area contributed by atoms with Gasteiger partial charge in [-0.2, -0.15) is 5.10 Å². The molecular formula is C20H22N2O4. The maximum Gasteiger partial charge on any atom is 0.162 e. The minimum absolute atomic E-state index is 0.191. The van der Waals surface area contributed by atoms with E-state index in [4.69, 9.17) is 25.4 Å². The molecule has 136 valence electrons. The fraction of sp³-hybridized carbons (Fsp3) is 0.250. The Morgan fingerprint density at radius 2 is 1.65 bits per heavy atom. The Kier molecular flexibility index (Phi) is 7.19. The Balaban J connectivity index is 1.97. The van der Waals surface area contributed by atoms with Crippen molar-refractivity contribution in [2.24, 2.45) is 5.10 Å². The first-order valence-electron chi connectivity index (χ1n) is 7.93. The molecular weight excluding hydrogens is 332 g/mol. The molecule has 0 unspecified atom stereocenters. The molecule has 0 amide bonds. The second-order valence-electron chi connectivity index (χ2n) is 5.19. The Bertz CT molecular complexity index is 797. The van der Waals surface area contributed by atoms with E-state index in [1.807, 2.05) is 30.3 Å². The zero-order valence-corrected chi connectivity index (χ0v) is 15.1. The molecule has 1 N–H and O–H groups in total. The molecule has 0 heterocycles. The first-order valence-corrected chi connectivity index (χ1v) is 7.93. The number of methoxy groups -OCH3 is 3. The van der Waals surface area contributed by atoms with Crippen molar-refractivity contribution in [3.05, 3.63) is 47.5 Å². The molecule has 0 aliphatic carbocycles. The van der Waals surface area contributed by atoms with Crippen LogP contribution in [0.25, 0.3) is 0 Å². The van der Waals surface area contributed by atoms with Crippen LogP contribution in [0.3, 0.4) is 0 Å². The van der Waals surface area contributed by atoms with Crippen molar-refractivity contribution in [3.63, 3.8) is 0 Å². The van der Waals surface area contributed by atoms with Gasteiger partial charge in [0.15, 0.2) is 23.0 Å². The molecule has 6 heteroatoms. The summed E-state index contributed by atoms with van der Waals surface area (Å²) in [4.78, 5) is 0. The van der Waals surface area contributed by atoms with Gasteiger partial charge in [-0.15, -0.1) is 6.42 Å². The van der Waals surface area contributed by atoms with Gasteiger partial charge in [-0.1, -0.05) is 12.0 Å². The first kappa shape index (κ1) is 19.0. The summed E-state index contributed by atoms with van der Waals surface area (Å²) in [6.07, 6.45) is 6.90. The second-order valence-corrected chi connectivity index (χ2v) is 5.19. The molecule has 0 saturated heterocycles. The standard InChI is InChI=1S/C20H22N2O4/c1-5-10-26-18-9-7-16(12-20(18)25-4)14-22-21-13-15-6-8-17(23-2)19(11-15)24-3/h1,6-9,11-12,14,21H,10,13H2,2-4H3/b22-14-. The quantitative estimate of drug-likeness (QED) is 0.426. The van der Waals surface area contributed by atoms with Crippen molar-refractivity contribution in [1.82, 2.24) is 5.43 Å². The van der Waals surface area contributed by atoms with Gasteiger partial charge in [-0.3, -0.25) is 0 Å². The molecule has 6 nitrogen and oxygen atoms in total. The lowest BCUT2D eigenvalue weighted by Gasteiger charge is -2.10. The van der Waals surface area contributed by atoms with Crippen molar-refractivity contribution in [3.8, 4) is 35.3 Å². The van der Waals surface area contributed by atoms with Crippen LogP contribution >= 0.6 is 0 Å². The van der Waals surface area contributed by atoms with E-state index in [0.29, 0.717) is 29.5 Å². The number of rotatable bonds is 9. The molecule has 0 fully saturated rings. The number of ether oxygens (including phenoxy) is 4. The fourth-order valence-corrected chi connectivity index (χ4v) is 2.25. The number of nitrogens with one attached hydrogen (secondary N) is 1. The number of nitrogens with zero attached hydrogens (tertiary/aromatic N) is 1. The zero-order chi connectivity index (χ0) is 18.8. The summed E-state index contributed by atoms with van der Waals surface area (Å²) in [5.41, 5.74) is 4.89. The first-order chi connectivity index (χ1) is 12.7. The Morgan fingerprint density at radius 1 is 0.962 bits per heavy atom. The van der Waals surface area contributed by atoms with Gasteiger partial charge in [0.1, 0.15) is 6.61 Å². The molecule has 0 saturated carbocycles. The van der Waals surface area contributed by atoms with Crippen molar-refractivity contribution < 1.29 is 18.9 Å². The van der Waals surface area contributed by atoms with Crippen molar-refractivity contribution in [1.29, 1.82) is 0 Å². The van der Waals surface area contributed by atoms with E-state index in [2.05, 4.69) is 16.4 Å². The lowest BCUT2D eigenvalue weighted by Crippen LogP contribution is -2.06. The van der Waals surface area contributed by atoms with Crippen LogP contribution in [0, 0.1) is 12.3 Å². The summed E-state index contributed by atoms with van der Waals surface area (Å²) in [5.74, 6) is 5.00. The van der Waals surface area contributed by atoms with Crippen LogP contribution in [0.4, 0.5) is 0 Å². The van der Waals surface area contributed by atoms with Gasteiger partial charge in [0.05, 0.1) is 34.1 Å². The monoisotopic (exact) mass is 354 g/mol. The van der Waals surface area contributed by atoms with Crippen LogP contribution in [0.2, 0.25) is 0 Å². The largest absolute Gasteiger partial charge is 0.493 e. The van der Waals surface area contributed by atoms with Gasteiger partial charge in [-0.05, 0) is 41.5 Å². The van der Waals surface area contributed by atoms with E-state index < -0.39 is 0 Å². The second kappa shape index (κ2) is 9.84.